The third-order valence-electron chi connectivity index (χ3n) is 7.82. The number of nitrogens with zero attached hydrogens (tertiary/aromatic N) is 5. The molecule has 5 heterocycles. The van der Waals surface area contributed by atoms with Crippen LogP contribution >= 0.6 is 0 Å². The summed E-state index contributed by atoms with van der Waals surface area (Å²) in [6.07, 6.45) is 7.69. The Labute approximate surface area is 257 Å². The highest BCUT2D eigenvalue weighted by Gasteiger charge is 2.16. The van der Waals surface area contributed by atoms with E-state index in [1.54, 1.807) is 43.8 Å². The summed E-state index contributed by atoms with van der Waals surface area (Å²) in [6, 6.07) is 14.5. The van der Waals surface area contributed by atoms with Gasteiger partial charge in [-0.15, -0.1) is 0 Å². The van der Waals surface area contributed by atoms with E-state index < -0.39 is 0 Å². The number of piperidine rings is 1. The van der Waals surface area contributed by atoms with E-state index in [0.717, 1.165) is 81.9 Å². The topological polar surface area (TPSA) is 111 Å². The highest BCUT2D eigenvalue weighted by Crippen LogP contribution is 2.37. The number of methoxy groups -OCH3 is 1. The molecule has 0 atom stereocenters. The normalized spacial score (nSPS) is 15.6. The van der Waals surface area contributed by atoms with Gasteiger partial charge in [0.25, 0.3) is 5.91 Å². The highest BCUT2D eigenvalue weighted by atomic mass is 16.5. The zero-order chi connectivity index (χ0) is 30.1. The van der Waals surface area contributed by atoms with E-state index in [1.807, 2.05) is 24.3 Å². The summed E-state index contributed by atoms with van der Waals surface area (Å²) in [4.78, 5) is 31.0. The lowest BCUT2D eigenvalue weighted by atomic mass is 10.1. The summed E-state index contributed by atoms with van der Waals surface area (Å²) in [5, 5.41) is 3.61. The number of carbonyl (C=O) groups is 1. The third kappa shape index (κ3) is 7.35. The smallest absolute Gasteiger partial charge is 0.275 e. The van der Waals surface area contributed by atoms with Crippen molar-refractivity contribution in [1.82, 2.24) is 19.9 Å². The fourth-order valence-corrected chi connectivity index (χ4v) is 5.46. The van der Waals surface area contributed by atoms with Crippen LogP contribution in [0.15, 0.2) is 60.9 Å². The molecule has 6 rings (SSSR count). The van der Waals surface area contributed by atoms with Crippen LogP contribution in [0.3, 0.4) is 0 Å². The number of hydrogen-bond acceptors (Lipinski definition) is 10. The minimum Gasteiger partial charge on any atom is -0.493 e. The van der Waals surface area contributed by atoms with Crippen molar-refractivity contribution in [2.24, 2.45) is 0 Å². The number of nitrogens with one attached hydrogen (secondary N) is 1. The fourth-order valence-electron chi connectivity index (χ4n) is 5.46. The second-order valence-corrected chi connectivity index (χ2v) is 10.8. The van der Waals surface area contributed by atoms with E-state index in [9.17, 15) is 4.79 Å². The molecule has 2 fully saturated rings. The molecule has 2 aliphatic rings. The maximum Gasteiger partial charge on any atom is 0.275 e. The van der Waals surface area contributed by atoms with Crippen LogP contribution in [0.1, 0.15) is 36.2 Å². The fraction of sp³-hybridized carbons (Fsp3) is 0.394. The number of anilines is 2. The molecule has 230 valence electrons. The molecule has 1 aromatic carbocycles. The average molecular weight is 599 g/mol. The van der Waals surface area contributed by atoms with Gasteiger partial charge in [-0.25, -0.2) is 9.97 Å². The Bertz CT molecular complexity index is 1550. The number of amides is 1. The first-order valence-electron chi connectivity index (χ1n) is 15.2. The van der Waals surface area contributed by atoms with Gasteiger partial charge in [0, 0.05) is 50.4 Å². The van der Waals surface area contributed by atoms with Crippen LogP contribution in [0.25, 0.3) is 10.9 Å². The molecule has 11 nitrogen and oxygen atoms in total. The van der Waals surface area contributed by atoms with Gasteiger partial charge in [-0.1, -0.05) is 6.07 Å². The van der Waals surface area contributed by atoms with Crippen molar-refractivity contribution in [2.75, 3.05) is 69.9 Å². The molecule has 0 spiro atoms. The summed E-state index contributed by atoms with van der Waals surface area (Å²) in [5.41, 5.74) is 1.08. The lowest BCUT2D eigenvalue weighted by Crippen LogP contribution is -2.37. The van der Waals surface area contributed by atoms with E-state index in [4.69, 9.17) is 18.9 Å². The molecule has 0 aliphatic carbocycles. The molecule has 4 aromatic rings. The van der Waals surface area contributed by atoms with Gasteiger partial charge in [-0.05, 0) is 62.1 Å². The molecule has 2 aliphatic heterocycles. The van der Waals surface area contributed by atoms with Gasteiger partial charge >= 0.3 is 0 Å². The Morgan fingerprint density at radius 1 is 0.955 bits per heavy atom. The van der Waals surface area contributed by atoms with Crippen LogP contribution in [0.4, 0.5) is 11.6 Å². The monoisotopic (exact) mass is 598 g/mol. The summed E-state index contributed by atoms with van der Waals surface area (Å²) in [6.45, 7) is 6.97. The van der Waals surface area contributed by atoms with E-state index in [0.29, 0.717) is 41.1 Å². The molecule has 0 bridgehead atoms. The first kappa shape index (κ1) is 29.6. The number of ether oxygens (including phenoxy) is 4. The quantitative estimate of drug-likeness (QED) is 0.232. The van der Waals surface area contributed by atoms with Crippen molar-refractivity contribution in [3.63, 3.8) is 0 Å². The zero-order valence-electron chi connectivity index (χ0n) is 25.0. The van der Waals surface area contributed by atoms with Crippen LogP contribution < -0.4 is 24.4 Å². The van der Waals surface area contributed by atoms with Crippen LogP contribution in [0.5, 0.6) is 23.0 Å². The SMILES string of the molecule is COc1cc2c(Oc3ccc(NC(=O)c4cccc(N5CCCCC5)n4)nc3)ccnc2cc1OCCCN1CCOCC1. The Morgan fingerprint density at radius 2 is 1.82 bits per heavy atom. The van der Waals surface area contributed by atoms with Crippen molar-refractivity contribution in [2.45, 2.75) is 25.7 Å². The Hall–Kier alpha value is -4.48. The standard InChI is InChI=1S/C33H38N6O5/c1-41-29-21-25-27(22-30(29)43-18-6-13-38-16-19-42-20-17-38)34-12-11-28(25)44-24-9-10-31(35-23-24)37-33(40)26-7-5-8-32(36-26)39-14-3-2-4-15-39/h5,7-12,21-23H,2-4,6,13-20H2,1H3,(H,35,37,40). The summed E-state index contributed by atoms with van der Waals surface area (Å²) in [5.74, 6) is 3.30. The lowest BCUT2D eigenvalue weighted by Gasteiger charge is -2.27. The second kappa shape index (κ2) is 14.3. The Balaban J connectivity index is 1.08. The van der Waals surface area contributed by atoms with Gasteiger partial charge in [-0.2, -0.15) is 0 Å². The van der Waals surface area contributed by atoms with Gasteiger partial charge in [0.2, 0.25) is 0 Å². The molecule has 0 saturated carbocycles. The number of morpholine rings is 1. The first-order valence-corrected chi connectivity index (χ1v) is 15.2. The number of hydrogen-bond donors (Lipinski definition) is 1. The van der Waals surface area contributed by atoms with Gasteiger partial charge < -0.3 is 29.2 Å². The lowest BCUT2D eigenvalue weighted by molar-refractivity contribution is 0.0357. The number of carbonyl (C=O) groups excluding carboxylic acids is 1. The van der Waals surface area contributed by atoms with Crippen LogP contribution in [0, 0.1) is 0 Å². The predicted octanol–water partition coefficient (Wildman–Crippen LogP) is 5.17. The third-order valence-corrected chi connectivity index (χ3v) is 7.82. The van der Waals surface area contributed by atoms with Crippen LogP contribution in [-0.2, 0) is 4.74 Å². The van der Waals surface area contributed by atoms with Crippen LogP contribution in [0.2, 0.25) is 0 Å². The zero-order valence-corrected chi connectivity index (χ0v) is 25.0. The number of fused-ring (bicyclic) bond motifs is 1. The molecule has 0 radical (unpaired) electrons. The highest BCUT2D eigenvalue weighted by molar-refractivity contribution is 6.02. The largest absolute Gasteiger partial charge is 0.493 e. The number of rotatable bonds is 11. The Morgan fingerprint density at radius 3 is 2.61 bits per heavy atom. The summed E-state index contributed by atoms with van der Waals surface area (Å²) >= 11 is 0. The molecule has 11 heteroatoms. The second-order valence-electron chi connectivity index (χ2n) is 10.8. The van der Waals surface area contributed by atoms with Gasteiger partial charge in [0.15, 0.2) is 11.5 Å². The molecule has 3 aromatic heterocycles. The molecule has 0 unspecified atom stereocenters. The molecular weight excluding hydrogens is 560 g/mol. The maximum atomic E-state index is 12.9. The molecular formula is C33H38N6O5. The van der Waals surface area contributed by atoms with E-state index >= 15 is 0 Å². The van der Waals surface area contributed by atoms with Crippen molar-refractivity contribution >= 4 is 28.4 Å². The minimum absolute atomic E-state index is 0.309. The maximum absolute atomic E-state index is 12.9. The number of benzene rings is 1. The number of pyridine rings is 3. The van der Waals surface area contributed by atoms with Crippen molar-refractivity contribution in [3.8, 4) is 23.0 Å². The summed E-state index contributed by atoms with van der Waals surface area (Å²) < 4.78 is 23.3. The molecule has 44 heavy (non-hydrogen) atoms. The van der Waals surface area contributed by atoms with E-state index in [-0.39, 0.29) is 5.91 Å². The average Bonchev–Trinajstić information content (AvgIpc) is 3.08. The molecule has 1 N–H and O–H groups in total. The van der Waals surface area contributed by atoms with E-state index in [1.165, 1.54) is 6.42 Å². The van der Waals surface area contributed by atoms with Crippen molar-refractivity contribution in [1.29, 1.82) is 0 Å². The van der Waals surface area contributed by atoms with Crippen molar-refractivity contribution in [3.05, 3.63) is 66.6 Å². The van der Waals surface area contributed by atoms with Gasteiger partial charge in [0.1, 0.15) is 28.8 Å². The number of aromatic nitrogens is 3. The van der Waals surface area contributed by atoms with Gasteiger partial charge in [0.05, 0.1) is 38.6 Å². The first-order chi connectivity index (χ1) is 21.7. The van der Waals surface area contributed by atoms with Crippen molar-refractivity contribution < 1.29 is 23.7 Å². The van der Waals surface area contributed by atoms with Crippen LogP contribution in [-0.4, -0.2) is 85.4 Å². The molecule has 1 amide bonds. The van der Waals surface area contributed by atoms with E-state index in [2.05, 4.69) is 30.1 Å². The van der Waals surface area contributed by atoms with Gasteiger partial charge in [-0.3, -0.25) is 14.7 Å². The molecule has 2 saturated heterocycles. The minimum atomic E-state index is -0.309. The summed E-state index contributed by atoms with van der Waals surface area (Å²) in [7, 11) is 1.62. The Kier molecular flexibility index (Phi) is 9.63. The predicted molar refractivity (Wildman–Crippen MR) is 168 cm³/mol.